The Morgan fingerprint density at radius 2 is 2.00 bits per heavy atom. The van der Waals surface area contributed by atoms with E-state index in [1.807, 2.05) is 24.1 Å². The quantitative estimate of drug-likeness (QED) is 0.913. The molecule has 0 bridgehead atoms. The van der Waals surface area contributed by atoms with E-state index in [1.165, 1.54) is 43.0 Å². The smallest absolute Gasteiger partial charge is 0.0946 e. The summed E-state index contributed by atoms with van der Waals surface area (Å²) < 4.78 is 2.05. The van der Waals surface area contributed by atoms with Gasteiger partial charge in [0.25, 0.3) is 0 Å². The Labute approximate surface area is 114 Å². The first-order chi connectivity index (χ1) is 9.34. The maximum absolute atomic E-state index is 4.15. The number of benzene rings is 1. The summed E-state index contributed by atoms with van der Waals surface area (Å²) in [5.41, 5.74) is 3.73. The summed E-state index contributed by atoms with van der Waals surface area (Å²) in [6.45, 7) is 3.15. The lowest BCUT2D eigenvalue weighted by molar-refractivity contribution is 0.837. The van der Waals surface area contributed by atoms with Gasteiger partial charge in [-0.25, -0.2) is 4.98 Å². The summed E-state index contributed by atoms with van der Waals surface area (Å²) in [5, 5.41) is 3.53. The highest BCUT2D eigenvalue weighted by Crippen LogP contribution is 2.28. The number of nitrogens with one attached hydrogen (secondary N) is 1. The van der Waals surface area contributed by atoms with Crippen molar-refractivity contribution in [3.8, 4) is 0 Å². The van der Waals surface area contributed by atoms with Crippen molar-refractivity contribution in [2.75, 3.05) is 23.3 Å². The Balaban J connectivity index is 1.75. The molecule has 100 valence electrons. The van der Waals surface area contributed by atoms with Gasteiger partial charge in [-0.15, -0.1) is 0 Å². The summed E-state index contributed by atoms with van der Waals surface area (Å²) in [6, 6.07) is 8.56. The van der Waals surface area contributed by atoms with Crippen LogP contribution in [0, 0.1) is 0 Å². The molecule has 1 aliphatic rings. The van der Waals surface area contributed by atoms with Crippen molar-refractivity contribution >= 4 is 11.4 Å². The number of aromatic nitrogens is 2. The maximum atomic E-state index is 4.15. The van der Waals surface area contributed by atoms with Gasteiger partial charge in [0.1, 0.15) is 0 Å². The van der Waals surface area contributed by atoms with Gasteiger partial charge in [-0.2, -0.15) is 0 Å². The van der Waals surface area contributed by atoms with Crippen LogP contribution in [0.25, 0.3) is 0 Å². The molecule has 19 heavy (non-hydrogen) atoms. The molecule has 1 aromatic carbocycles. The number of anilines is 2. The Bertz CT molecular complexity index is 541. The van der Waals surface area contributed by atoms with Gasteiger partial charge in [-0.05, 0) is 25.0 Å². The van der Waals surface area contributed by atoms with Gasteiger partial charge in [-0.1, -0.05) is 12.1 Å². The zero-order valence-electron chi connectivity index (χ0n) is 11.3. The van der Waals surface area contributed by atoms with E-state index in [0.717, 1.165) is 6.54 Å². The van der Waals surface area contributed by atoms with Gasteiger partial charge >= 0.3 is 0 Å². The van der Waals surface area contributed by atoms with E-state index in [2.05, 4.69) is 39.5 Å². The van der Waals surface area contributed by atoms with E-state index >= 15 is 0 Å². The fourth-order valence-electron chi connectivity index (χ4n) is 2.60. The molecule has 3 rings (SSSR count). The second-order valence-corrected chi connectivity index (χ2v) is 5.06. The summed E-state index contributed by atoms with van der Waals surface area (Å²) in [5.74, 6) is 0. The number of nitrogens with zero attached hydrogens (tertiary/aromatic N) is 3. The van der Waals surface area contributed by atoms with E-state index in [9.17, 15) is 0 Å². The summed E-state index contributed by atoms with van der Waals surface area (Å²) in [4.78, 5) is 6.61. The third kappa shape index (κ3) is 2.57. The predicted octanol–water partition coefficient (Wildman–Crippen LogP) is 2.63. The molecule has 0 saturated carbocycles. The van der Waals surface area contributed by atoms with Crippen LogP contribution in [0.2, 0.25) is 0 Å². The Kier molecular flexibility index (Phi) is 3.40. The van der Waals surface area contributed by atoms with Crippen molar-refractivity contribution < 1.29 is 0 Å². The third-order valence-corrected chi connectivity index (χ3v) is 3.73. The molecule has 0 atom stereocenters. The van der Waals surface area contributed by atoms with Gasteiger partial charge in [0.05, 0.1) is 29.9 Å². The average molecular weight is 256 g/mol. The topological polar surface area (TPSA) is 33.1 Å². The van der Waals surface area contributed by atoms with Crippen molar-refractivity contribution in [3.63, 3.8) is 0 Å². The van der Waals surface area contributed by atoms with Crippen LogP contribution in [0.1, 0.15) is 18.5 Å². The number of hydrogen-bond acceptors (Lipinski definition) is 3. The first-order valence-corrected chi connectivity index (χ1v) is 6.87. The first-order valence-electron chi connectivity index (χ1n) is 6.87. The molecule has 0 unspecified atom stereocenters. The van der Waals surface area contributed by atoms with Crippen LogP contribution in [0.3, 0.4) is 0 Å². The van der Waals surface area contributed by atoms with Crippen LogP contribution in [0.5, 0.6) is 0 Å². The van der Waals surface area contributed by atoms with Gasteiger partial charge in [0.2, 0.25) is 0 Å². The molecule has 1 aliphatic heterocycles. The minimum atomic E-state index is 0.807. The summed E-state index contributed by atoms with van der Waals surface area (Å²) in [7, 11) is 2.02. The average Bonchev–Trinajstić information content (AvgIpc) is 3.08. The molecule has 1 saturated heterocycles. The molecule has 1 N–H and O–H groups in total. The van der Waals surface area contributed by atoms with Crippen LogP contribution in [-0.4, -0.2) is 22.6 Å². The third-order valence-electron chi connectivity index (χ3n) is 3.73. The molecule has 0 spiro atoms. The Hall–Kier alpha value is -1.97. The van der Waals surface area contributed by atoms with Gasteiger partial charge < -0.3 is 14.8 Å². The summed E-state index contributed by atoms with van der Waals surface area (Å²) >= 11 is 0. The lowest BCUT2D eigenvalue weighted by Crippen LogP contribution is -2.19. The van der Waals surface area contributed by atoms with Crippen molar-refractivity contribution in [1.29, 1.82) is 0 Å². The molecule has 4 nitrogen and oxygen atoms in total. The van der Waals surface area contributed by atoms with Crippen LogP contribution >= 0.6 is 0 Å². The number of aryl methyl sites for hydroxylation is 1. The first kappa shape index (κ1) is 12.1. The van der Waals surface area contributed by atoms with Gasteiger partial charge in [-0.3, -0.25) is 0 Å². The molecule has 0 amide bonds. The number of para-hydroxylation sites is 2. The molecular formula is C15H20N4. The molecule has 4 heteroatoms. The van der Waals surface area contributed by atoms with Gasteiger partial charge in [0, 0.05) is 26.3 Å². The predicted molar refractivity (Wildman–Crippen MR) is 78.4 cm³/mol. The molecule has 0 aliphatic carbocycles. The van der Waals surface area contributed by atoms with E-state index < -0.39 is 0 Å². The standard InChI is InChI=1S/C15H20N4/c1-18-12-16-10-13(18)11-17-14-6-2-3-7-15(14)19-8-4-5-9-19/h2-3,6-7,10,12,17H,4-5,8-9,11H2,1H3. The van der Waals surface area contributed by atoms with Crippen LogP contribution in [0.4, 0.5) is 11.4 Å². The lowest BCUT2D eigenvalue weighted by atomic mass is 10.2. The largest absolute Gasteiger partial charge is 0.378 e. The zero-order chi connectivity index (χ0) is 13.1. The van der Waals surface area contributed by atoms with Crippen molar-refractivity contribution in [3.05, 3.63) is 42.5 Å². The maximum Gasteiger partial charge on any atom is 0.0946 e. The second-order valence-electron chi connectivity index (χ2n) is 5.06. The minimum absolute atomic E-state index is 0.807. The number of imidazole rings is 1. The number of hydrogen-bond donors (Lipinski definition) is 1. The highest BCUT2D eigenvalue weighted by molar-refractivity contribution is 5.70. The highest BCUT2D eigenvalue weighted by Gasteiger charge is 2.15. The van der Waals surface area contributed by atoms with Crippen molar-refractivity contribution in [2.24, 2.45) is 7.05 Å². The van der Waals surface area contributed by atoms with Crippen LogP contribution < -0.4 is 10.2 Å². The van der Waals surface area contributed by atoms with E-state index in [0.29, 0.717) is 0 Å². The Morgan fingerprint density at radius 3 is 2.74 bits per heavy atom. The molecule has 1 aromatic heterocycles. The fourth-order valence-corrected chi connectivity index (χ4v) is 2.60. The van der Waals surface area contributed by atoms with Gasteiger partial charge in [0.15, 0.2) is 0 Å². The van der Waals surface area contributed by atoms with Crippen LogP contribution in [-0.2, 0) is 13.6 Å². The summed E-state index contributed by atoms with van der Waals surface area (Å²) in [6.07, 6.45) is 6.35. The fraction of sp³-hybridized carbons (Fsp3) is 0.400. The molecule has 2 heterocycles. The highest BCUT2D eigenvalue weighted by atomic mass is 15.2. The Morgan fingerprint density at radius 1 is 1.21 bits per heavy atom. The SMILES string of the molecule is Cn1cncc1CNc1ccccc1N1CCCC1. The van der Waals surface area contributed by atoms with Crippen molar-refractivity contribution in [1.82, 2.24) is 9.55 Å². The molecular weight excluding hydrogens is 236 g/mol. The van der Waals surface area contributed by atoms with Crippen LogP contribution in [0.15, 0.2) is 36.8 Å². The monoisotopic (exact) mass is 256 g/mol. The van der Waals surface area contributed by atoms with E-state index in [-0.39, 0.29) is 0 Å². The minimum Gasteiger partial charge on any atom is -0.378 e. The molecule has 1 fully saturated rings. The van der Waals surface area contributed by atoms with E-state index in [1.54, 1.807) is 0 Å². The second kappa shape index (κ2) is 5.34. The van der Waals surface area contributed by atoms with E-state index in [4.69, 9.17) is 0 Å². The molecule has 0 radical (unpaired) electrons. The normalized spacial score (nSPS) is 14.9. The molecule has 2 aromatic rings. The van der Waals surface area contributed by atoms with Crippen molar-refractivity contribution in [2.45, 2.75) is 19.4 Å². The number of rotatable bonds is 4. The zero-order valence-corrected chi connectivity index (χ0v) is 11.3. The lowest BCUT2D eigenvalue weighted by Gasteiger charge is -2.22.